The van der Waals surface area contributed by atoms with Gasteiger partial charge in [-0.25, -0.2) is 14.6 Å². The molecule has 0 radical (unpaired) electrons. The summed E-state index contributed by atoms with van der Waals surface area (Å²) >= 11 is 16.9. The van der Waals surface area contributed by atoms with Crippen LogP contribution in [0.1, 0.15) is 0 Å². The lowest BCUT2D eigenvalue weighted by molar-refractivity contribution is -0.178. The number of ether oxygens (including phenoxy) is 1. The van der Waals surface area contributed by atoms with Crippen molar-refractivity contribution in [1.82, 2.24) is 25.8 Å². The van der Waals surface area contributed by atoms with Gasteiger partial charge in [-0.2, -0.15) is 13.2 Å². The van der Waals surface area contributed by atoms with Gasteiger partial charge in [0.2, 0.25) is 15.5 Å². The van der Waals surface area contributed by atoms with Crippen molar-refractivity contribution < 1.29 is 42.2 Å². The molecule has 5 rings (SSSR count). The van der Waals surface area contributed by atoms with Gasteiger partial charge in [0.25, 0.3) is 5.91 Å². The second kappa shape index (κ2) is 10.9. The average molecular weight is 669 g/mol. The Morgan fingerprint density at radius 2 is 1.88 bits per heavy atom. The number of aliphatic hydroxyl groups is 1. The zero-order valence-electron chi connectivity index (χ0n) is 21.8. The number of anilines is 1. The maximum Gasteiger partial charge on any atom is 0.450 e. The molecule has 0 unspecified atom stereocenters. The molecular weight excluding hydrogens is 646 g/mol. The molecule has 0 aliphatic carbocycles. The normalized spacial score (nSPS) is 28.7. The highest BCUT2D eigenvalue weighted by Crippen LogP contribution is 2.44. The maximum absolute atomic E-state index is 13.5. The zero-order valence-corrected chi connectivity index (χ0v) is 24.0. The summed E-state index contributed by atoms with van der Waals surface area (Å²) in [7, 11) is 0. The van der Waals surface area contributed by atoms with E-state index in [0.717, 1.165) is 9.80 Å². The summed E-state index contributed by atoms with van der Waals surface area (Å²) in [6.45, 7) is 1.57. The van der Waals surface area contributed by atoms with Crippen molar-refractivity contribution in [2.45, 2.75) is 33.8 Å². The van der Waals surface area contributed by atoms with Crippen molar-refractivity contribution >= 4 is 70.3 Å². The van der Waals surface area contributed by atoms with Crippen molar-refractivity contribution in [3.63, 3.8) is 0 Å². The summed E-state index contributed by atoms with van der Waals surface area (Å²) in [6, 6.07) is 5.32. The summed E-state index contributed by atoms with van der Waals surface area (Å²) in [4.78, 5) is 58.9. The van der Waals surface area contributed by atoms with Crippen LogP contribution in [0.3, 0.4) is 0 Å². The molecule has 4 amide bonds. The number of Topliss-reactive ketones (excluding diaryl/α,β-unsaturated/α-hetero) is 1. The molecule has 4 N–H and O–H groups in total. The lowest BCUT2D eigenvalue weighted by Crippen LogP contribution is -2.73. The third-order valence-electron chi connectivity index (χ3n) is 7.43. The third kappa shape index (κ3) is 5.63. The Labute approximate surface area is 256 Å². The number of nitrogens with one attached hydrogen (secondary N) is 3. The summed E-state index contributed by atoms with van der Waals surface area (Å²) in [5, 5.41) is 19.3. The van der Waals surface area contributed by atoms with E-state index in [1.54, 1.807) is 30.3 Å². The molecule has 43 heavy (non-hydrogen) atoms. The lowest BCUT2D eigenvalue weighted by atomic mass is 9.84. The average Bonchev–Trinajstić information content (AvgIpc) is 3.53. The Balaban J connectivity index is 1.50. The van der Waals surface area contributed by atoms with Gasteiger partial charge in [0.05, 0.1) is 30.4 Å². The van der Waals surface area contributed by atoms with E-state index in [9.17, 15) is 37.5 Å². The number of alkyl carbamates (subject to hydrolysis) is 1. The first-order valence-electron chi connectivity index (χ1n) is 12.6. The van der Waals surface area contributed by atoms with E-state index in [4.69, 9.17) is 39.5 Å². The molecule has 232 valence electrons. The van der Waals surface area contributed by atoms with Crippen LogP contribution in [0.25, 0.3) is 0 Å². The van der Waals surface area contributed by atoms with Gasteiger partial charge in [-0.15, -0.1) is 0 Å². The van der Waals surface area contributed by atoms with Crippen molar-refractivity contribution in [3.8, 4) is 0 Å². The Kier molecular flexibility index (Phi) is 7.86. The van der Waals surface area contributed by atoms with Crippen LogP contribution in [-0.4, -0.2) is 105 Å². The number of nitrogens with zero attached hydrogens (tertiary/aromatic N) is 4. The first-order valence-corrected chi connectivity index (χ1v) is 13.7. The number of para-hydroxylation sites is 1. The largest absolute Gasteiger partial charge is 0.450 e. The second-order valence-corrected chi connectivity index (χ2v) is 12.6. The lowest BCUT2D eigenvalue weighted by Gasteiger charge is -2.47. The number of aliphatic hydroxyl groups excluding tert-OH is 1. The minimum absolute atomic E-state index is 0.0411. The summed E-state index contributed by atoms with van der Waals surface area (Å²) in [5.74, 6) is -5.22. The number of alkyl halides is 6. The number of aliphatic imine (C=N–C) groups is 1. The number of ketones is 1. The van der Waals surface area contributed by atoms with Gasteiger partial charge in [-0.3, -0.25) is 24.7 Å². The first kappa shape index (κ1) is 31.0. The zero-order chi connectivity index (χ0) is 31.5. The Morgan fingerprint density at radius 3 is 2.51 bits per heavy atom. The number of carbonyl (C=O) groups excluding carboxylic acids is 4. The number of urea groups is 1. The summed E-state index contributed by atoms with van der Waals surface area (Å²) in [6.07, 6.45) is -8.56. The number of benzene rings is 1. The molecule has 0 bridgehead atoms. The van der Waals surface area contributed by atoms with Crippen LogP contribution in [0.4, 0.5) is 28.4 Å². The van der Waals surface area contributed by atoms with Gasteiger partial charge in [0.1, 0.15) is 19.3 Å². The van der Waals surface area contributed by atoms with E-state index in [-0.39, 0.29) is 12.4 Å². The Hall–Kier alpha value is -3.47. The van der Waals surface area contributed by atoms with Crippen molar-refractivity contribution in [3.05, 3.63) is 42.7 Å². The van der Waals surface area contributed by atoms with Crippen LogP contribution in [0.15, 0.2) is 47.7 Å². The van der Waals surface area contributed by atoms with Crippen molar-refractivity contribution in [1.29, 1.82) is 0 Å². The summed E-state index contributed by atoms with van der Waals surface area (Å²) in [5.41, 5.74) is -1.48. The molecule has 19 heteroatoms. The second-order valence-electron chi connectivity index (χ2n) is 10.1. The third-order valence-corrected chi connectivity index (χ3v) is 7.76. The van der Waals surface area contributed by atoms with E-state index >= 15 is 0 Å². The van der Waals surface area contributed by atoms with E-state index in [1.807, 2.05) is 0 Å². The number of amides is 4. The van der Waals surface area contributed by atoms with E-state index in [0.29, 0.717) is 5.69 Å². The van der Waals surface area contributed by atoms with E-state index in [1.165, 1.54) is 4.90 Å². The minimum Gasteiger partial charge on any atom is -0.445 e. The number of carbonyl (C=O) groups is 4. The molecule has 1 aromatic carbocycles. The highest BCUT2D eigenvalue weighted by molar-refractivity contribution is 6.67. The number of halogens is 6. The summed E-state index contributed by atoms with van der Waals surface area (Å²) < 4.78 is 43.4. The molecule has 3 saturated heterocycles. The Bertz CT molecular complexity index is 1390. The number of hydrogen-bond acceptors (Lipinski definition) is 10. The van der Waals surface area contributed by atoms with Gasteiger partial charge in [0, 0.05) is 12.2 Å². The molecule has 1 aromatic rings. The highest BCUT2D eigenvalue weighted by atomic mass is 35.6. The molecule has 13 nitrogen and oxygen atoms in total. The number of rotatable bonds is 5. The molecule has 1 spiro atoms. The quantitative estimate of drug-likeness (QED) is 0.270. The molecule has 4 aliphatic heterocycles. The Morgan fingerprint density at radius 1 is 1.21 bits per heavy atom. The van der Waals surface area contributed by atoms with Crippen LogP contribution in [0.2, 0.25) is 0 Å². The van der Waals surface area contributed by atoms with Crippen molar-refractivity contribution in [2.75, 3.05) is 31.1 Å². The van der Waals surface area contributed by atoms with Gasteiger partial charge < -0.3 is 25.4 Å². The fraction of sp³-hybridized carbons (Fsp3) is 0.458. The smallest absolute Gasteiger partial charge is 0.445 e. The fourth-order valence-electron chi connectivity index (χ4n) is 5.69. The van der Waals surface area contributed by atoms with E-state index in [2.05, 4.69) is 27.5 Å². The fourth-order valence-corrected chi connectivity index (χ4v) is 5.85. The van der Waals surface area contributed by atoms with Gasteiger partial charge in [-0.05, 0) is 12.1 Å². The molecule has 4 aliphatic rings. The van der Waals surface area contributed by atoms with Crippen molar-refractivity contribution in [2.24, 2.45) is 10.9 Å². The highest BCUT2D eigenvalue weighted by Gasteiger charge is 2.69. The van der Waals surface area contributed by atoms with Crippen LogP contribution >= 0.6 is 34.8 Å². The molecule has 0 saturated carbocycles. The standard InChI is InChI=1S/C24H23Cl3F3N7O6/c1-11-31-16-14(8-36-15(38)9-35(21(36)42)12-5-3-2-4-6-12)32-19(33-20(41)43-10-22(25,26)27)37-7-13(18(40)24(28,29)30)17(39)23(16,37)34-11/h2-6,13-14,16-17,31,34,39H,1,7-10H2,(H,32,33,41)/t13-,14-,16-,17-,23-/m0/s1. The first-order chi connectivity index (χ1) is 20.0. The number of hydrogen-bond donors (Lipinski definition) is 4. The predicted octanol–water partition coefficient (Wildman–Crippen LogP) is 1.44. The molecule has 5 atom stereocenters. The molecule has 0 aromatic heterocycles. The maximum atomic E-state index is 13.5. The van der Waals surface area contributed by atoms with Gasteiger partial charge >= 0.3 is 18.3 Å². The monoisotopic (exact) mass is 667 g/mol. The van der Waals surface area contributed by atoms with Crippen LogP contribution in [-0.2, 0) is 14.3 Å². The molecule has 4 heterocycles. The van der Waals surface area contributed by atoms with Crippen LogP contribution < -0.4 is 20.9 Å². The van der Waals surface area contributed by atoms with E-state index < -0.39 is 89.2 Å². The van der Waals surface area contributed by atoms with Gasteiger partial charge in [-0.1, -0.05) is 59.6 Å². The SMILES string of the molecule is C=C1N[C@H]2[C@H](CN3C(=O)CN(c4ccccc4)C3=O)N=C(NC(=O)OCC(Cl)(Cl)Cl)N3C[C@H](C(=O)C(F)(F)F)[C@H](O)[C@]23N1. The van der Waals surface area contributed by atoms with Gasteiger partial charge in [0.15, 0.2) is 5.66 Å². The van der Waals surface area contributed by atoms with Crippen LogP contribution in [0, 0.1) is 5.92 Å². The molecule has 3 fully saturated rings. The van der Waals surface area contributed by atoms with Crippen LogP contribution in [0.5, 0.6) is 0 Å². The number of imide groups is 1. The predicted molar refractivity (Wildman–Crippen MR) is 146 cm³/mol. The molecular formula is C24H23Cl3F3N7O6. The minimum atomic E-state index is -5.29. The topological polar surface area (TPSA) is 156 Å². The number of guanidine groups is 1.